The maximum Gasteiger partial charge on any atom is 0.247 e. The zero-order valence-corrected chi connectivity index (χ0v) is 17.2. The molecule has 7 heteroatoms. The van der Waals surface area contributed by atoms with Crippen molar-refractivity contribution in [1.82, 2.24) is 20.2 Å². The molecule has 4 rings (SSSR count). The third kappa shape index (κ3) is 4.45. The van der Waals surface area contributed by atoms with E-state index in [9.17, 15) is 0 Å². The first-order valence-electron chi connectivity index (χ1n) is 9.98. The van der Waals surface area contributed by atoms with Crippen molar-refractivity contribution in [3.63, 3.8) is 0 Å². The topological polar surface area (TPSA) is 70.1 Å². The molecular weight excluding hydrogens is 362 g/mol. The highest BCUT2D eigenvalue weighted by Gasteiger charge is 2.21. The van der Waals surface area contributed by atoms with Gasteiger partial charge in [-0.2, -0.15) is 10.1 Å². The summed E-state index contributed by atoms with van der Waals surface area (Å²) in [6.45, 7) is 10.0. The van der Waals surface area contributed by atoms with Crippen LogP contribution in [0.1, 0.15) is 26.3 Å². The van der Waals surface area contributed by atoms with Gasteiger partial charge in [0.1, 0.15) is 5.82 Å². The van der Waals surface area contributed by atoms with E-state index in [4.69, 9.17) is 4.98 Å². The number of piperazine rings is 1. The molecule has 3 aromatic rings. The zero-order valence-electron chi connectivity index (χ0n) is 17.2. The van der Waals surface area contributed by atoms with Crippen LogP contribution in [-0.2, 0) is 5.41 Å². The molecule has 0 unspecified atom stereocenters. The van der Waals surface area contributed by atoms with Gasteiger partial charge in [-0.3, -0.25) is 0 Å². The lowest BCUT2D eigenvalue weighted by Crippen LogP contribution is -2.47. The quantitative estimate of drug-likeness (QED) is 0.730. The van der Waals surface area contributed by atoms with Crippen LogP contribution >= 0.6 is 0 Å². The smallest absolute Gasteiger partial charge is 0.247 e. The predicted octanol–water partition coefficient (Wildman–Crippen LogP) is 3.63. The second-order valence-electron chi connectivity index (χ2n) is 8.22. The summed E-state index contributed by atoms with van der Waals surface area (Å²) >= 11 is 0. The van der Waals surface area contributed by atoms with Gasteiger partial charge in [0.25, 0.3) is 0 Å². The van der Waals surface area contributed by atoms with E-state index in [1.807, 2.05) is 30.5 Å². The van der Waals surface area contributed by atoms with E-state index in [0.29, 0.717) is 11.8 Å². The van der Waals surface area contributed by atoms with Gasteiger partial charge in [-0.05, 0) is 29.2 Å². The number of hydrogen-bond acceptors (Lipinski definition) is 7. The van der Waals surface area contributed by atoms with Gasteiger partial charge >= 0.3 is 0 Å². The van der Waals surface area contributed by atoms with Crippen LogP contribution in [0.25, 0.3) is 0 Å². The van der Waals surface area contributed by atoms with E-state index < -0.39 is 0 Å². The van der Waals surface area contributed by atoms with Crippen molar-refractivity contribution < 1.29 is 0 Å². The average Bonchev–Trinajstić information content (AvgIpc) is 2.74. The first-order chi connectivity index (χ1) is 14.0. The number of hydrogen-bond donors (Lipinski definition) is 1. The first kappa shape index (κ1) is 19.1. The third-order valence-corrected chi connectivity index (χ3v) is 5.08. The van der Waals surface area contributed by atoms with Crippen LogP contribution < -0.4 is 15.1 Å². The van der Waals surface area contributed by atoms with Gasteiger partial charge in [-0.15, -0.1) is 5.10 Å². The Hall–Kier alpha value is -3.22. The maximum absolute atomic E-state index is 4.72. The highest BCUT2D eigenvalue weighted by molar-refractivity contribution is 5.62. The Labute approximate surface area is 171 Å². The lowest BCUT2D eigenvalue weighted by Gasteiger charge is -2.35. The molecule has 1 fully saturated rings. The Kier molecular flexibility index (Phi) is 5.29. The molecule has 0 aliphatic carbocycles. The third-order valence-electron chi connectivity index (χ3n) is 5.08. The molecule has 7 nitrogen and oxygen atoms in total. The number of para-hydroxylation sites is 1. The second-order valence-corrected chi connectivity index (χ2v) is 8.22. The molecule has 1 aliphatic rings. The lowest BCUT2D eigenvalue weighted by molar-refractivity contribution is 0.592. The minimum atomic E-state index is 0.0364. The molecule has 1 N–H and O–H groups in total. The largest absolute Gasteiger partial charge is 0.353 e. The Balaban J connectivity index is 1.47. The minimum absolute atomic E-state index is 0.0364. The highest BCUT2D eigenvalue weighted by atomic mass is 15.4. The monoisotopic (exact) mass is 389 g/mol. The van der Waals surface area contributed by atoms with E-state index in [2.05, 4.69) is 69.3 Å². The standard InChI is InChI=1S/C22H27N7/c1-22(2,3)17-8-4-5-9-18(17)25-19-16-24-27-21(26-19)29-14-12-28(13-15-29)20-10-6-7-11-23-20/h4-11,16H,12-15H2,1-3H3,(H,25,26,27). The molecule has 2 aromatic heterocycles. The van der Waals surface area contributed by atoms with Crippen molar-refractivity contribution >= 4 is 23.3 Å². The Morgan fingerprint density at radius 3 is 2.34 bits per heavy atom. The maximum atomic E-state index is 4.72. The summed E-state index contributed by atoms with van der Waals surface area (Å²) in [4.78, 5) is 13.6. The van der Waals surface area contributed by atoms with Crippen molar-refractivity contribution in [2.24, 2.45) is 0 Å². The molecule has 0 saturated carbocycles. The van der Waals surface area contributed by atoms with Crippen molar-refractivity contribution in [2.45, 2.75) is 26.2 Å². The Morgan fingerprint density at radius 2 is 1.62 bits per heavy atom. The molecule has 1 aromatic carbocycles. The summed E-state index contributed by atoms with van der Waals surface area (Å²) in [6.07, 6.45) is 3.51. The number of nitrogens with one attached hydrogen (secondary N) is 1. The van der Waals surface area contributed by atoms with Crippen molar-refractivity contribution in [3.05, 3.63) is 60.4 Å². The van der Waals surface area contributed by atoms with Gasteiger partial charge in [-0.1, -0.05) is 45.0 Å². The summed E-state index contributed by atoms with van der Waals surface area (Å²) in [5, 5.41) is 11.9. The van der Waals surface area contributed by atoms with Gasteiger partial charge in [0.2, 0.25) is 5.95 Å². The summed E-state index contributed by atoms with van der Waals surface area (Å²) in [7, 11) is 0. The molecule has 29 heavy (non-hydrogen) atoms. The van der Waals surface area contributed by atoms with Crippen LogP contribution in [-0.4, -0.2) is 46.3 Å². The second kappa shape index (κ2) is 8.03. The van der Waals surface area contributed by atoms with Crippen LogP contribution in [0.3, 0.4) is 0 Å². The number of aromatic nitrogens is 4. The molecule has 1 aliphatic heterocycles. The molecule has 0 spiro atoms. The lowest BCUT2D eigenvalue weighted by atomic mass is 9.86. The van der Waals surface area contributed by atoms with Gasteiger partial charge in [0, 0.05) is 38.1 Å². The van der Waals surface area contributed by atoms with Crippen LogP contribution in [0.2, 0.25) is 0 Å². The number of anilines is 4. The van der Waals surface area contributed by atoms with Gasteiger partial charge in [-0.25, -0.2) is 4.98 Å². The van der Waals surface area contributed by atoms with E-state index >= 15 is 0 Å². The van der Waals surface area contributed by atoms with E-state index in [-0.39, 0.29) is 5.41 Å². The summed E-state index contributed by atoms with van der Waals surface area (Å²) < 4.78 is 0. The van der Waals surface area contributed by atoms with Crippen molar-refractivity contribution in [1.29, 1.82) is 0 Å². The molecule has 0 amide bonds. The van der Waals surface area contributed by atoms with Crippen LogP contribution in [0.15, 0.2) is 54.9 Å². The molecule has 0 atom stereocenters. The fourth-order valence-corrected chi connectivity index (χ4v) is 3.55. The number of pyridine rings is 1. The molecule has 3 heterocycles. The fraction of sp³-hybridized carbons (Fsp3) is 0.364. The van der Waals surface area contributed by atoms with Crippen molar-refractivity contribution in [3.8, 4) is 0 Å². The first-order valence-corrected chi connectivity index (χ1v) is 9.98. The van der Waals surface area contributed by atoms with E-state index in [0.717, 1.165) is 37.7 Å². The summed E-state index contributed by atoms with van der Waals surface area (Å²) in [5.41, 5.74) is 2.32. The highest BCUT2D eigenvalue weighted by Crippen LogP contribution is 2.31. The SMILES string of the molecule is CC(C)(C)c1ccccc1Nc1cnnc(N2CCN(c3ccccn3)CC2)n1. The van der Waals surface area contributed by atoms with Gasteiger partial charge < -0.3 is 15.1 Å². The number of nitrogens with zero attached hydrogens (tertiary/aromatic N) is 6. The Morgan fingerprint density at radius 1 is 0.897 bits per heavy atom. The van der Waals surface area contributed by atoms with Crippen LogP contribution in [0.5, 0.6) is 0 Å². The predicted molar refractivity (Wildman–Crippen MR) is 117 cm³/mol. The fourth-order valence-electron chi connectivity index (χ4n) is 3.55. The minimum Gasteiger partial charge on any atom is -0.353 e. The Bertz CT molecular complexity index is 945. The van der Waals surface area contributed by atoms with Gasteiger partial charge in [0.15, 0.2) is 5.82 Å². The van der Waals surface area contributed by atoms with E-state index in [1.54, 1.807) is 6.20 Å². The normalized spacial score (nSPS) is 14.7. The summed E-state index contributed by atoms with van der Waals surface area (Å²) in [6, 6.07) is 14.3. The molecule has 1 saturated heterocycles. The zero-order chi connectivity index (χ0) is 20.3. The van der Waals surface area contributed by atoms with Gasteiger partial charge in [0.05, 0.1) is 6.20 Å². The molecule has 0 bridgehead atoms. The average molecular weight is 390 g/mol. The van der Waals surface area contributed by atoms with Crippen LogP contribution in [0, 0.1) is 0 Å². The molecule has 150 valence electrons. The molecular formula is C22H27N7. The van der Waals surface area contributed by atoms with Crippen molar-refractivity contribution in [2.75, 3.05) is 41.3 Å². The van der Waals surface area contributed by atoms with E-state index in [1.165, 1.54) is 5.56 Å². The molecule has 0 radical (unpaired) electrons. The summed E-state index contributed by atoms with van der Waals surface area (Å²) in [5.74, 6) is 2.38. The number of rotatable bonds is 4. The van der Waals surface area contributed by atoms with Crippen LogP contribution in [0.4, 0.5) is 23.3 Å². The number of benzene rings is 1.